The number of hydrogen-bond acceptors (Lipinski definition) is 3. The molecule has 1 N–H and O–H groups in total. The van der Waals surface area contributed by atoms with Crippen molar-refractivity contribution in [2.45, 2.75) is 26.3 Å². The van der Waals surface area contributed by atoms with Crippen LogP contribution in [-0.4, -0.2) is 16.4 Å². The Kier molecular flexibility index (Phi) is 4.67. The van der Waals surface area contributed by atoms with Crippen molar-refractivity contribution in [3.8, 4) is 0 Å². The third kappa shape index (κ3) is 5.09. The van der Waals surface area contributed by atoms with E-state index < -0.39 is 4.92 Å². The fraction of sp³-hybridized carbons (Fsp3) is 0.308. The van der Waals surface area contributed by atoms with Crippen molar-refractivity contribution in [2.24, 2.45) is 0 Å². The highest BCUT2D eigenvalue weighted by Gasteiger charge is 2.12. The molecule has 0 bridgehead atoms. The van der Waals surface area contributed by atoms with Gasteiger partial charge in [-0.1, -0.05) is 11.6 Å². The van der Waals surface area contributed by atoms with E-state index in [4.69, 9.17) is 11.6 Å². The molecule has 102 valence electrons. The first kappa shape index (κ1) is 15.2. The first-order chi connectivity index (χ1) is 8.69. The van der Waals surface area contributed by atoms with Gasteiger partial charge in [-0.15, -0.1) is 0 Å². The van der Waals surface area contributed by atoms with Crippen LogP contribution in [-0.2, 0) is 4.79 Å². The van der Waals surface area contributed by atoms with E-state index in [-0.39, 0.29) is 17.1 Å². The number of hydrogen-bond donors (Lipinski definition) is 1. The molecular formula is C13H15ClN2O3. The normalized spacial score (nSPS) is 11.6. The summed E-state index contributed by atoms with van der Waals surface area (Å²) in [6, 6.07) is 4.07. The number of benzene rings is 1. The number of halogens is 1. The van der Waals surface area contributed by atoms with Crippen molar-refractivity contribution < 1.29 is 9.72 Å². The fourth-order valence-electron chi connectivity index (χ4n) is 1.35. The van der Waals surface area contributed by atoms with E-state index in [1.54, 1.807) is 0 Å². The molecule has 0 saturated carbocycles. The number of non-ortho nitro benzene ring substituents is 1. The molecule has 6 heteroatoms. The summed E-state index contributed by atoms with van der Waals surface area (Å²) in [5, 5.41) is 13.7. The lowest BCUT2D eigenvalue weighted by atomic mass is 10.1. The van der Waals surface area contributed by atoms with E-state index >= 15 is 0 Å². The highest BCUT2D eigenvalue weighted by atomic mass is 35.5. The standard InChI is InChI=1S/C13H15ClN2O3/c1-13(2,3)15-12(17)7-4-9-8-10(16(18)19)5-6-11(9)14/h4-8H,1-3H3,(H,15,17). The van der Waals surface area contributed by atoms with Crippen LogP contribution in [0.4, 0.5) is 5.69 Å². The summed E-state index contributed by atoms with van der Waals surface area (Å²) in [5.41, 5.74) is 0.0219. The van der Waals surface area contributed by atoms with Gasteiger partial charge in [0.05, 0.1) is 4.92 Å². The zero-order chi connectivity index (χ0) is 14.6. The maximum Gasteiger partial charge on any atom is 0.270 e. The number of nitrogens with one attached hydrogen (secondary N) is 1. The van der Waals surface area contributed by atoms with E-state index in [1.807, 2.05) is 20.8 Å². The quantitative estimate of drug-likeness (QED) is 0.526. The van der Waals surface area contributed by atoms with Crippen molar-refractivity contribution >= 4 is 29.3 Å². The van der Waals surface area contributed by atoms with Crippen molar-refractivity contribution in [1.29, 1.82) is 0 Å². The molecule has 1 aromatic carbocycles. The zero-order valence-electron chi connectivity index (χ0n) is 10.9. The Labute approximate surface area is 116 Å². The van der Waals surface area contributed by atoms with E-state index in [9.17, 15) is 14.9 Å². The van der Waals surface area contributed by atoms with Crippen LogP contribution in [0, 0.1) is 10.1 Å². The minimum Gasteiger partial charge on any atom is -0.348 e. The van der Waals surface area contributed by atoms with Gasteiger partial charge in [-0.25, -0.2) is 0 Å². The van der Waals surface area contributed by atoms with Gasteiger partial charge in [-0.3, -0.25) is 14.9 Å². The molecule has 0 fully saturated rings. The van der Waals surface area contributed by atoms with Crippen LogP contribution < -0.4 is 5.32 Å². The summed E-state index contributed by atoms with van der Waals surface area (Å²) in [7, 11) is 0. The summed E-state index contributed by atoms with van der Waals surface area (Å²) >= 11 is 5.91. The van der Waals surface area contributed by atoms with Crippen LogP contribution in [0.5, 0.6) is 0 Å². The van der Waals surface area contributed by atoms with Crippen LogP contribution in [0.15, 0.2) is 24.3 Å². The molecule has 1 amide bonds. The summed E-state index contributed by atoms with van der Waals surface area (Å²) in [6.45, 7) is 5.58. The van der Waals surface area contributed by atoms with Crippen LogP contribution in [0.2, 0.25) is 5.02 Å². The van der Waals surface area contributed by atoms with Gasteiger partial charge in [0, 0.05) is 34.3 Å². The van der Waals surface area contributed by atoms with Gasteiger partial charge in [-0.05, 0) is 32.9 Å². The Morgan fingerprint density at radius 3 is 2.58 bits per heavy atom. The maximum absolute atomic E-state index is 11.6. The number of carbonyl (C=O) groups excluding carboxylic acids is 1. The second-order valence-electron chi connectivity index (χ2n) is 5.04. The zero-order valence-corrected chi connectivity index (χ0v) is 11.7. The van der Waals surface area contributed by atoms with Crippen LogP contribution in [0.1, 0.15) is 26.3 Å². The van der Waals surface area contributed by atoms with Gasteiger partial charge in [0.25, 0.3) is 5.69 Å². The first-order valence-corrected chi connectivity index (χ1v) is 6.01. The van der Waals surface area contributed by atoms with Crippen molar-refractivity contribution in [3.63, 3.8) is 0 Å². The van der Waals surface area contributed by atoms with Gasteiger partial charge < -0.3 is 5.32 Å². The molecule has 0 heterocycles. The molecule has 0 aliphatic carbocycles. The number of nitro groups is 1. The lowest BCUT2D eigenvalue weighted by Crippen LogP contribution is -2.39. The summed E-state index contributed by atoms with van der Waals surface area (Å²) in [5.74, 6) is -0.282. The molecule has 1 rings (SSSR count). The monoisotopic (exact) mass is 282 g/mol. The third-order valence-electron chi connectivity index (χ3n) is 2.10. The van der Waals surface area contributed by atoms with Gasteiger partial charge in [0.1, 0.15) is 0 Å². The van der Waals surface area contributed by atoms with Gasteiger partial charge in [0.2, 0.25) is 5.91 Å². The molecule has 0 aromatic heterocycles. The predicted octanol–water partition coefficient (Wildman–Crippen LogP) is 3.18. The summed E-state index contributed by atoms with van der Waals surface area (Å²) < 4.78 is 0. The Morgan fingerprint density at radius 2 is 2.05 bits per heavy atom. The van der Waals surface area contributed by atoms with Crippen LogP contribution in [0.25, 0.3) is 6.08 Å². The Morgan fingerprint density at radius 1 is 1.42 bits per heavy atom. The molecule has 19 heavy (non-hydrogen) atoms. The highest BCUT2D eigenvalue weighted by molar-refractivity contribution is 6.32. The van der Waals surface area contributed by atoms with Crippen LogP contribution in [0.3, 0.4) is 0 Å². The van der Waals surface area contributed by atoms with Crippen molar-refractivity contribution in [1.82, 2.24) is 5.32 Å². The van der Waals surface area contributed by atoms with E-state index in [0.717, 1.165) is 0 Å². The Bertz CT molecular complexity index is 533. The number of carbonyl (C=O) groups is 1. The lowest BCUT2D eigenvalue weighted by Gasteiger charge is -2.18. The van der Waals surface area contributed by atoms with Gasteiger partial charge in [-0.2, -0.15) is 0 Å². The predicted molar refractivity (Wildman–Crippen MR) is 75.0 cm³/mol. The minimum atomic E-state index is -0.511. The summed E-state index contributed by atoms with van der Waals surface area (Å²) in [6.07, 6.45) is 2.76. The number of nitrogens with zero attached hydrogens (tertiary/aromatic N) is 1. The second kappa shape index (κ2) is 5.84. The van der Waals surface area contributed by atoms with E-state index in [1.165, 1.54) is 30.4 Å². The number of nitro benzene ring substituents is 1. The van der Waals surface area contributed by atoms with Crippen molar-refractivity contribution in [3.05, 3.63) is 45.0 Å². The molecule has 0 unspecified atom stereocenters. The lowest BCUT2D eigenvalue weighted by molar-refractivity contribution is -0.384. The molecular weight excluding hydrogens is 268 g/mol. The molecule has 0 saturated heterocycles. The highest BCUT2D eigenvalue weighted by Crippen LogP contribution is 2.23. The maximum atomic E-state index is 11.6. The molecule has 0 spiro atoms. The number of rotatable bonds is 3. The molecule has 0 aliphatic rings. The average Bonchev–Trinajstić information content (AvgIpc) is 2.25. The molecule has 0 atom stereocenters. The second-order valence-corrected chi connectivity index (χ2v) is 5.44. The van der Waals surface area contributed by atoms with E-state index in [0.29, 0.717) is 10.6 Å². The Balaban J connectivity index is 2.90. The topological polar surface area (TPSA) is 72.2 Å². The Hall–Kier alpha value is -1.88. The van der Waals surface area contributed by atoms with Gasteiger partial charge in [0.15, 0.2) is 0 Å². The fourth-order valence-corrected chi connectivity index (χ4v) is 1.53. The minimum absolute atomic E-state index is 0.0692. The molecule has 1 aromatic rings. The SMILES string of the molecule is CC(C)(C)NC(=O)C=Cc1cc([N+](=O)[O-])ccc1Cl. The molecule has 5 nitrogen and oxygen atoms in total. The van der Waals surface area contributed by atoms with E-state index in [2.05, 4.69) is 5.32 Å². The molecule has 0 aliphatic heterocycles. The largest absolute Gasteiger partial charge is 0.348 e. The van der Waals surface area contributed by atoms with Crippen LogP contribution >= 0.6 is 11.6 Å². The third-order valence-corrected chi connectivity index (χ3v) is 2.45. The smallest absolute Gasteiger partial charge is 0.270 e. The average molecular weight is 283 g/mol. The molecule has 0 radical (unpaired) electrons. The van der Waals surface area contributed by atoms with Crippen molar-refractivity contribution in [2.75, 3.05) is 0 Å². The van der Waals surface area contributed by atoms with Gasteiger partial charge >= 0.3 is 0 Å². The first-order valence-electron chi connectivity index (χ1n) is 5.63. The number of amides is 1. The summed E-state index contributed by atoms with van der Waals surface area (Å²) in [4.78, 5) is 21.7.